The summed E-state index contributed by atoms with van der Waals surface area (Å²) in [6.07, 6.45) is 0.484. The minimum atomic E-state index is -0.258. The lowest BCUT2D eigenvalue weighted by atomic mass is 10.1. The number of hydrogen-bond donors (Lipinski definition) is 1. The summed E-state index contributed by atoms with van der Waals surface area (Å²) in [7, 11) is 0. The molecule has 0 atom stereocenters. The van der Waals surface area contributed by atoms with Crippen molar-refractivity contribution in [2.75, 3.05) is 0 Å². The summed E-state index contributed by atoms with van der Waals surface area (Å²) in [5.74, 6) is 0.640. The molecule has 0 bridgehead atoms. The average Bonchev–Trinajstić information content (AvgIpc) is 2.61. The van der Waals surface area contributed by atoms with Gasteiger partial charge in [-0.3, -0.25) is 4.79 Å². The van der Waals surface area contributed by atoms with Crippen LogP contribution in [0.5, 0.6) is 11.5 Å². The van der Waals surface area contributed by atoms with Crippen LogP contribution >= 0.6 is 23.2 Å². The molecular weight excluding hydrogens is 361 g/mol. The van der Waals surface area contributed by atoms with E-state index in [1.54, 1.807) is 36.4 Å². The molecule has 0 fully saturated rings. The lowest BCUT2D eigenvalue weighted by Gasteiger charge is -2.12. The molecule has 0 amide bonds. The Kier molecular flexibility index (Phi) is 5.03. The Hall–Kier alpha value is -2.81. The van der Waals surface area contributed by atoms with Crippen LogP contribution in [-0.4, -0.2) is 10.2 Å². The molecular formula is C18H11Cl2N3O2. The van der Waals surface area contributed by atoms with Crippen LogP contribution in [0.1, 0.15) is 16.8 Å². The first kappa shape index (κ1) is 17.0. The number of nitrogens with zero attached hydrogens (tertiary/aromatic N) is 2. The Bertz CT molecular complexity index is 1010. The molecule has 1 heterocycles. The van der Waals surface area contributed by atoms with Crippen molar-refractivity contribution in [3.63, 3.8) is 0 Å². The lowest BCUT2D eigenvalue weighted by Crippen LogP contribution is -2.07. The van der Waals surface area contributed by atoms with Crippen LogP contribution in [0.2, 0.25) is 10.0 Å². The first-order valence-corrected chi connectivity index (χ1v) is 8.02. The van der Waals surface area contributed by atoms with Crippen LogP contribution in [0.15, 0.2) is 53.3 Å². The van der Waals surface area contributed by atoms with Crippen molar-refractivity contribution < 1.29 is 4.74 Å². The van der Waals surface area contributed by atoms with Gasteiger partial charge in [0.15, 0.2) is 5.75 Å². The molecule has 0 saturated heterocycles. The second-order valence-electron chi connectivity index (χ2n) is 5.18. The smallest absolute Gasteiger partial charge is 0.264 e. The summed E-state index contributed by atoms with van der Waals surface area (Å²) in [6, 6.07) is 15.3. The van der Waals surface area contributed by atoms with Gasteiger partial charge in [-0.25, -0.2) is 5.10 Å². The summed E-state index contributed by atoms with van der Waals surface area (Å²) < 4.78 is 5.79. The van der Waals surface area contributed by atoms with E-state index in [1.165, 1.54) is 6.07 Å². The van der Waals surface area contributed by atoms with E-state index in [1.807, 2.05) is 12.1 Å². The molecule has 0 radical (unpaired) electrons. The predicted molar refractivity (Wildman–Crippen MR) is 95.4 cm³/mol. The van der Waals surface area contributed by atoms with E-state index in [-0.39, 0.29) is 11.3 Å². The third-order valence-corrected chi connectivity index (χ3v) is 4.03. The molecule has 3 rings (SSSR count). The zero-order valence-electron chi connectivity index (χ0n) is 12.8. The molecule has 0 saturated carbocycles. The molecule has 124 valence electrons. The first-order chi connectivity index (χ1) is 12.1. The summed E-state index contributed by atoms with van der Waals surface area (Å²) in [6.45, 7) is 0. The number of aromatic nitrogens is 2. The Balaban J connectivity index is 1.91. The number of aromatic amines is 1. The van der Waals surface area contributed by atoms with Crippen molar-refractivity contribution in [2.45, 2.75) is 6.42 Å². The summed E-state index contributed by atoms with van der Waals surface area (Å²) >= 11 is 12.3. The summed E-state index contributed by atoms with van der Waals surface area (Å²) in [5.41, 5.74) is 1.63. The number of ether oxygens (including phenoxy) is 1. The highest BCUT2D eigenvalue weighted by Crippen LogP contribution is 2.36. The first-order valence-electron chi connectivity index (χ1n) is 7.26. The second kappa shape index (κ2) is 7.39. The fourth-order valence-corrected chi connectivity index (χ4v) is 2.60. The normalized spacial score (nSPS) is 10.3. The highest BCUT2D eigenvalue weighted by molar-refractivity contribution is 6.33. The Morgan fingerprint density at radius 2 is 1.96 bits per heavy atom. The molecule has 1 N–H and O–H groups in total. The van der Waals surface area contributed by atoms with Gasteiger partial charge in [0.1, 0.15) is 11.8 Å². The van der Waals surface area contributed by atoms with Gasteiger partial charge in [0, 0.05) is 12.5 Å². The number of hydrogen-bond acceptors (Lipinski definition) is 4. The van der Waals surface area contributed by atoms with Crippen LogP contribution in [0, 0.1) is 11.3 Å². The molecule has 3 aromatic rings. The van der Waals surface area contributed by atoms with E-state index < -0.39 is 0 Å². The number of rotatable bonds is 4. The Morgan fingerprint density at radius 1 is 1.12 bits per heavy atom. The average molecular weight is 372 g/mol. The van der Waals surface area contributed by atoms with Gasteiger partial charge in [0.2, 0.25) is 0 Å². The maximum atomic E-state index is 11.1. The highest BCUT2D eigenvalue weighted by Gasteiger charge is 2.12. The number of nitriles is 1. The number of benzene rings is 2. The van der Waals surface area contributed by atoms with Gasteiger partial charge in [0.05, 0.1) is 21.3 Å². The van der Waals surface area contributed by atoms with Gasteiger partial charge < -0.3 is 4.74 Å². The number of halogens is 2. The van der Waals surface area contributed by atoms with Gasteiger partial charge in [-0.1, -0.05) is 35.3 Å². The van der Waals surface area contributed by atoms with Crippen molar-refractivity contribution in [2.24, 2.45) is 0 Å². The van der Waals surface area contributed by atoms with E-state index in [2.05, 4.69) is 10.2 Å². The minimum Gasteiger partial charge on any atom is -0.453 e. The molecule has 2 aromatic carbocycles. The molecule has 25 heavy (non-hydrogen) atoms. The van der Waals surface area contributed by atoms with Crippen molar-refractivity contribution in [3.8, 4) is 17.6 Å². The third-order valence-electron chi connectivity index (χ3n) is 3.42. The van der Waals surface area contributed by atoms with Crippen molar-refractivity contribution in [1.29, 1.82) is 5.26 Å². The van der Waals surface area contributed by atoms with Gasteiger partial charge in [-0.2, -0.15) is 10.4 Å². The number of nitrogens with one attached hydrogen (secondary N) is 1. The van der Waals surface area contributed by atoms with Crippen LogP contribution in [-0.2, 0) is 6.42 Å². The molecule has 1 aromatic heterocycles. The SMILES string of the molecule is N#Cc1cccc(Cl)c1Oc1cc(Cc2ccc(=O)[nH]n2)ccc1Cl. The lowest BCUT2D eigenvalue weighted by molar-refractivity contribution is 0.481. The largest absolute Gasteiger partial charge is 0.453 e. The fourth-order valence-electron chi connectivity index (χ4n) is 2.23. The van der Waals surface area contributed by atoms with Gasteiger partial charge in [0.25, 0.3) is 5.56 Å². The molecule has 7 heteroatoms. The quantitative estimate of drug-likeness (QED) is 0.739. The molecule has 0 aliphatic carbocycles. The maximum Gasteiger partial charge on any atom is 0.264 e. The van der Waals surface area contributed by atoms with Crippen LogP contribution in [0.25, 0.3) is 0 Å². The Labute approximate surface area is 153 Å². The third kappa shape index (κ3) is 4.00. The molecule has 0 aliphatic rings. The van der Waals surface area contributed by atoms with E-state index >= 15 is 0 Å². The van der Waals surface area contributed by atoms with Crippen molar-refractivity contribution in [1.82, 2.24) is 10.2 Å². The molecule has 0 unspecified atom stereocenters. The Morgan fingerprint density at radius 3 is 2.68 bits per heavy atom. The van der Waals surface area contributed by atoms with Gasteiger partial charge in [-0.15, -0.1) is 0 Å². The molecule has 0 spiro atoms. The highest BCUT2D eigenvalue weighted by atomic mass is 35.5. The second-order valence-corrected chi connectivity index (χ2v) is 6.00. The van der Waals surface area contributed by atoms with E-state index in [4.69, 9.17) is 27.9 Å². The standard InChI is InChI=1S/C18H11Cl2N3O2/c19-14-6-4-11(8-13-5-7-17(24)23-22-13)9-16(14)25-18-12(10-21)2-1-3-15(18)20/h1-7,9H,8H2,(H,23,24). The van der Waals surface area contributed by atoms with Gasteiger partial charge >= 0.3 is 0 Å². The van der Waals surface area contributed by atoms with Crippen LogP contribution in [0.3, 0.4) is 0 Å². The monoisotopic (exact) mass is 371 g/mol. The zero-order chi connectivity index (χ0) is 17.8. The van der Waals surface area contributed by atoms with E-state index in [0.717, 1.165) is 5.56 Å². The van der Waals surface area contributed by atoms with Crippen molar-refractivity contribution >= 4 is 23.2 Å². The van der Waals surface area contributed by atoms with E-state index in [9.17, 15) is 10.1 Å². The predicted octanol–water partition coefficient (Wildman–Crippen LogP) is 4.33. The number of para-hydroxylation sites is 1. The summed E-state index contributed by atoms with van der Waals surface area (Å²) in [5, 5.41) is 16.3. The molecule has 5 nitrogen and oxygen atoms in total. The maximum absolute atomic E-state index is 11.1. The minimum absolute atomic E-state index is 0.257. The van der Waals surface area contributed by atoms with Crippen LogP contribution < -0.4 is 10.3 Å². The summed E-state index contributed by atoms with van der Waals surface area (Å²) in [4.78, 5) is 11.1. The van der Waals surface area contributed by atoms with Gasteiger partial charge in [-0.05, 0) is 35.9 Å². The topological polar surface area (TPSA) is 78.8 Å². The molecule has 0 aliphatic heterocycles. The zero-order valence-corrected chi connectivity index (χ0v) is 14.3. The van der Waals surface area contributed by atoms with Crippen LogP contribution in [0.4, 0.5) is 0 Å². The fraction of sp³-hybridized carbons (Fsp3) is 0.0556. The number of H-pyrrole nitrogens is 1. The van der Waals surface area contributed by atoms with E-state index in [0.29, 0.717) is 33.5 Å². The van der Waals surface area contributed by atoms with Crippen molar-refractivity contribution in [3.05, 3.63) is 85.8 Å².